The number of nitriles is 1. The maximum atomic E-state index is 10.9. The highest BCUT2D eigenvalue weighted by Gasteiger charge is 2.15. The molecular weight excluding hydrogens is 158 g/mol. The summed E-state index contributed by atoms with van der Waals surface area (Å²) in [5.41, 5.74) is 0. The number of hydrogen-bond donors (Lipinski definition) is 0. The van der Waals surface area contributed by atoms with Gasteiger partial charge in [-0.25, -0.2) is 0 Å². The van der Waals surface area contributed by atoms with E-state index < -0.39 is 5.92 Å². The molecule has 0 aromatic carbocycles. The van der Waals surface area contributed by atoms with Gasteiger partial charge in [0.25, 0.3) is 0 Å². The molecule has 0 fully saturated rings. The molecule has 0 spiro atoms. The van der Waals surface area contributed by atoms with E-state index in [1.165, 1.54) is 18.3 Å². The van der Waals surface area contributed by atoms with Crippen molar-refractivity contribution in [1.29, 1.82) is 5.26 Å². The first-order valence-electron chi connectivity index (χ1n) is 3.19. The van der Waals surface area contributed by atoms with Crippen LogP contribution in [-0.2, 0) is 4.79 Å². The first-order valence-corrected chi connectivity index (χ1v) is 4.07. The van der Waals surface area contributed by atoms with Gasteiger partial charge in [0, 0.05) is 4.88 Å². The van der Waals surface area contributed by atoms with Crippen LogP contribution in [0.1, 0.15) is 17.7 Å². The van der Waals surface area contributed by atoms with Crippen LogP contribution in [0.3, 0.4) is 0 Å². The monoisotopic (exact) mass is 165 g/mol. The molecule has 1 aromatic rings. The quantitative estimate of drug-likeness (QED) is 0.672. The molecule has 3 heteroatoms. The van der Waals surface area contributed by atoms with E-state index >= 15 is 0 Å². The molecule has 0 radical (unpaired) electrons. The van der Waals surface area contributed by atoms with Crippen molar-refractivity contribution in [3.63, 3.8) is 0 Å². The van der Waals surface area contributed by atoms with Crippen LogP contribution in [-0.4, -0.2) is 5.78 Å². The molecule has 1 aromatic heterocycles. The Kier molecular flexibility index (Phi) is 2.40. The molecule has 11 heavy (non-hydrogen) atoms. The summed E-state index contributed by atoms with van der Waals surface area (Å²) in [6.45, 7) is 1.44. The Labute approximate surface area is 69.1 Å². The molecule has 2 nitrogen and oxygen atoms in total. The Morgan fingerprint density at radius 3 is 2.91 bits per heavy atom. The fraction of sp³-hybridized carbons (Fsp3) is 0.250. The zero-order valence-electron chi connectivity index (χ0n) is 6.07. The van der Waals surface area contributed by atoms with Gasteiger partial charge < -0.3 is 0 Å². The van der Waals surface area contributed by atoms with Gasteiger partial charge in [-0.2, -0.15) is 5.26 Å². The highest BCUT2D eigenvalue weighted by atomic mass is 32.1. The summed E-state index contributed by atoms with van der Waals surface area (Å²) in [6, 6.07) is 5.61. The highest BCUT2D eigenvalue weighted by Crippen LogP contribution is 2.20. The molecule has 0 saturated heterocycles. The van der Waals surface area contributed by atoms with Crippen molar-refractivity contribution in [3.05, 3.63) is 22.4 Å². The minimum atomic E-state index is -0.560. The smallest absolute Gasteiger partial charge is 0.152 e. The minimum absolute atomic E-state index is 0.0880. The van der Waals surface area contributed by atoms with E-state index in [2.05, 4.69) is 0 Å². The maximum Gasteiger partial charge on any atom is 0.152 e. The number of carbonyl (C=O) groups excluding carboxylic acids is 1. The zero-order valence-corrected chi connectivity index (χ0v) is 6.89. The van der Waals surface area contributed by atoms with Crippen LogP contribution < -0.4 is 0 Å². The summed E-state index contributed by atoms with van der Waals surface area (Å²) in [5.74, 6) is -0.648. The van der Waals surface area contributed by atoms with Crippen molar-refractivity contribution < 1.29 is 4.79 Å². The van der Waals surface area contributed by atoms with Crippen molar-refractivity contribution in [2.45, 2.75) is 12.8 Å². The molecule has 0 aliphatic heterocycles. The van der Waals surface area contributed by atoms with Gasteiger partial charge in [0.1, 0.15) is 5.92 Å². The summed E-state index contributed by atoms with van der Waals surface area (Å²) in [5, 5.41) is 10.5. The van der Waals surface area contributed by atoms with E-state index in [0.29, 0.717) is 0 Å². The van der Waals surface area contributed by atoms with Gasteiger partial charge in [-0.1, -0.05) is 6.07 Å². The summed E-state index contributed by atoms with van der Waals surface area (Å²) >= 11 is 1.44. The van der Waals surface area contributed by atoms with E-state index in [9.17, 15) is 4.79 Å². The van der Waals surface area contributed by atoms with Crippen molar-refractivity contribution in [2.75, 3.05) is 0 Å². The molecule has 0 amide bonds. The SMILES string of the molecule is CC(=O)[C@@H](C#N)c1cccs1. The number of ketones is 1. The van der Waals surface area contributed by atoms with Gasteiger partial charge in [0.05, 0.1) is 6.07 Å². The van der Waals surface area contributed by atoms with Crippen LogP contribution in [0.5, 0.6) is 0 Å². The Balaban J connectivity index is 2.91. The van der Waals surface area contributed by atoms with Crippen LogP contribution in [0, 0.1) is 11.3 Å². The lowest BCUT2D eigenvalue weighted by molar-refractivity contribution is -0.117. The van der Waals surface area contributed by atoms with E-state index in [4.69, 9.17) is 5.26 Å². The number of thiophene rings is 1. The Bertz CT molecular complexity index is 284. The van der Waals surface area contributed by atoms with E-state index in [0.717, 1.165) is 4.88 Å². The predicted molar refractivity (Wildman–Crippen MR) is 43.4 cm³/mol. The fourth-order valence-corrected chi connectivity index (χ4v) is 1.64. The molecular formula is C8H7NOS. The van der Waals surface area contributed by atoms with Gasteiger partial charge in [-0.15, -0.1) is 11.3 Å². The molecule has 0 unspecified atom stereocenters. The number of Topliss-reactive ketones (excluding diaryl/α,β-unsaturated/α-hetero) is 1. The highest BCUT2D eigenvalue weighted by molar-refractivity contribution is 7.10. The average Bonchev–Trinajstić information content (AvgIpc) is 2.40. The van der Waals surface area contributed by atoms with Gasteiger partial charge in [0.2, 0.25) is 0 Å². The van der Waals surface area contributed by atoms with Gasteiger partial charge >= 0.3 is 0 Å². The molecule has 1 heterocycles. The fourth-order valence-electron chi connectivity index (χ4n) is 0.810. The lowest BCUT2D eigenvalue weighted by Gasteiger charge is -1.98. The van der Waals surface area contributed by atoms with Crippen molar-refractivity contribution in [2.24, 2.45) is 0 Å². The first-order chi connectivity index (χ1) is 5.25. The van der Waals surface area contributed by atoms with Crippen LogP contribution in [0.4, 0.5) is 0 Å². The summed E-state index contributed by atoms with van der Waals surface area (Å²) in [7, 11) is 0. The molecule has 0 N–H and O–H groups in total. The van der Waals surface area contributed by atoms with Crippen LogP contribution >= 0.6 is 11.3 Å². The van der Waals surface area contributed by atoms with E-state index in [1.807, 2.05) is 17.5 Å². The first kappa shape index (κ1) is 7.96. The van der Waals surface area contributed by atoms with Crippen molar-refractivity contribution in [3.8, 4) is 6.07 Å². The zero-order chi connectivity index (χ0) is 8.27. The summed E-state index contributed by atoms with van der Waals surface area (Å²) in [6.07, 6.45) is 0. The molecule has 1 rings (SSSR count). The Morgan fingerprint density at radius 2 is 2.55 bits per heavy atom. The second-order valence-electron chi connectivity index (χ2n) is 2.19. The van der Waals surface area contributed by atoms with E-state index in [1.54, 1.807) is 6.07 Å². The number of hydrogen-bond acceptors (Lipinski definition) is 3. The van der Waals surface area contributed by atoms with Crippen molar-refractivity contribution >= 4 is 17.1 Å². The normalized spacial score (nSPS) is 12.0. The van der Waals surface area contributed by atoms with Gasteiger partial charge in [-0.05, 0) is 18.4 Å². The minimum Gasteiger partial charge on any atom is -0.298 e. The lowest BCUT2D eigenvalue weighted by atomic mass is 10.1. The van der Waals surface area contributed by atoms with Crippen LogP contribution in [0.25, 0.3) is 0 Å². The second kappa shape index (κ2) is 3.31. The van der Waals surface area contributed by atoms with Crippen molar-refractivity contribution in [1.82, 2.24) is 0 Å². The Hall–Kier alpha value is -1.14. The summed E-state index contributed by atoms with van der Waals surface area (Å²) in [4.78, 5) is 11.7. The molecule has 1 atom stereocenters. The second-order valence-corrected chi connectivity index (χ2v) is 3.17. The topological polar surface area (TPSA) is 40.9 Å². The third-order valence-electron chi connectivity index (χ3n) is 1.36. The largest absolute Gasteiger partial charge is 0.298 e. The number of carbonyl (C=O) groups is 1. The van der Waals surface area contributed by atoms with Gasteiger partial charge in [0.15, 0.2) is 5.78 Å². The standard InChI is InChI=1S/C8H7NOS/c1-6(10)7(5-9)8-3-2-4-11-8/h2-4,7H,1H3/t7-/m1/s1. The number of nitrogens with zero attached hydrogens (tertiary/aromatic N) is 1. The molecule has 56 valence electrons. The van der Waals surface area contributed by atoms with Gasteiger partial charge in [-0.3, -0.25) is 4.79 Å². The Morgan fingerprint density at radius 1 is 1.82 bits per heavy atom. The average molecular weight is 165 g/mol. The molecule has 0 aliphatic rings. The predicted octanol–water partition coefficient (Wildman–Crippen LogP) is 1.94. The maximum absolute atomic E-state index is 10.9. The summed E-state index contributed by atoms with van der Waals surface area (Å²) < 4.78 is 0. The lowest BCUT2D eigenvalue weighted by Crippen LogP contribution is -2.03. The van der Waals surface area contributed by atoms with Crippen LogP contribution in [0.15, 0.2) is 17.5 Å². The third-order valence-corrected chi connectivity index (χ3v) is 2.30. The molecule has 0 saturated carbocycles. The third kappa shape index (κ3) is 1.66. The van der Waals surface area contributed by atoms with Crippen LogP contribution in [0.2, 0.25) is 0 Å². The molecule has 0 bridgehead atoms. The number of rotatable bonds is 2. The molecule has 0 aliphatic carbocycles. The van der Waals surface area contributed by atoms with E-state index in [-0.39, 0.29) is 5.78 Å².